The molecule has 0 aliphatic rings. The van der Waals surface area contributed by atoms with Crippen LogP contribution in [0, 0.1) is 0 Å². The highest BCUT2D eigenvalue weighted by Gasteiger charge is 2.24. The van der Waals surface area contributed by atoms with Gasteiger partial charge in [0.05, 0.1) is 5.69 Å². The first-order chi connectivity index (χ1) is 8.93. The smallest absolute Gasteiger partial charge is 0.267 e. The van der Waals surface area contributed by atoms with Crippen LogP contribution in [0.4, 0.5) is 5.69 Å². The standard InChI is InChI=1S/C13H13NO4S/c1-14(10-5-4-6-11(15)9-10)19(17,18)13-8-3-2-7-12(13)16/h2-9,15-16H,1H3. The van der Waals surface area contributed by atoms with Gasteiger partial charge in [0.15, 0.2) is 0 Å². The zero-order valence-corrected chi connectivity index (χ0v) is 11.0. The van der Waals surface area contributed by atoms with Crippen molar-refractivity contribution in [1.82, 2.24) is 0 Å². The Bertz CT molecular complexity index is 697. The minimum Gasteiger partial charge on any atom is -0.508 e. The van der Waals surface area contributed by atoms with Crippen molar-refractivity contribution in [3.8, 4) is 11.5 Å². The summed E-state index contributed by atoms with van der Waals surface area (Å²) in [5.74, 6) is -0.341. The molecule has 2 N–H and O–H groups in total. The molecule has 0 aromatic heterocycles. The van der Waals surface area contributed by atoms with Crippen LogP contribution in [0.2, 0.25) is 0 Å². The number of sulfonamides is 1. The number of anilines is 1. The molecule has 2 aromatic rings. The molecule has 0 unspecified atom stereocenters. The van der Waals surface area contributed by atoms with E-state index in [-0.39, 0.29) is 16.4 Å². The van der Waals surface area contributed by atoms with Gasteiger partial charge in [-0.05, 0) is 24.3 Å². The summed E-state index contributed by atoms with van der Waals surface area (Å²) in [5, 5.41) is 19.0. The van der Waals surface area contributed by atoms with Crippen molar-refractivity contribution in [3.05, 3.63) is 48.5 Å². The van der Waals surface area contributed by atoms with Crippen molar-refractivity contribution in [2.24, 2.45) is 0 Å². The van der Waals surface area contributed by atoms with Gasteiger partial charge in [0.25, 0.3) is 10.0 Å². The normalized spacial score (nSPS) is 11.2. The maximum absolute atomic E-state index is 12.3. The van der Waals surface area contributed by atoms with Gasteiger partial charge in [-0.15, -0.1) is 0 Å². The average Bonchev–Trinajstić information content (AvgIpc) is 2.38. The first-order valence-electron chi connectivity index (χ1n) is 5.49. The summed E-state index contributed by atoms with van der Waals surface area (Å²) in [6.07, 6.45) is 0. The van der Waals surface area contributed by atoms with E-state index in [0.29, 0.717) is 5.69 Å². The van der Waals surface area contributed by atoms with Crippen LogP contribution in [0.25, 0.3) is 0 Å². The maximum atomic E-state index is 12.3. The molecule has 6 heteroatoms. The number of aromatic hydroxyl groups is 2. The minimum atomic E-state index is -3.87. The predicted octanol–water partition coefficient (Wildman–Crippen LogP) is 1.92. The molecule has 2 aromatic carbocycles. The zero-order chi connectivity index (χ0) is 14.0. The van der Waals surface area contributed by atoms with Gasteiger partial charge in [-0.2, -0.15) is 0 Å². The molecule has 0 aliphatic carbocycles. The Balaban J connectivity index is 2.49. The summed E-state index contributed by atoms with van der Waals surface area (Å²) < 4.78 is 25.7. The summed E-state index contributed by atoms with van der Waals surface area (Å²) in [7, 11) is -2.51. The number of para-hydroxylation sites is 1. The van der Waals surface area contributed by atoms with Crippen molar-refractivity contribution in [2.75, 3.05) is 11.4 Å². The fraction of sp³-hybridized carbons (Fsp3) is 0.0769. The quantitative estimate of drug-likeness (QED) is 0.899. The van der Waals surface area contributed by atoms with Crippen LogP contribution in [0.1, 0.15) is 0 Å². The highest BCUT2D eigenvalue weighted by Crippen LogP contribution is 2.29. The topological polar surface area (TPSA) is 77.8 Å². The van der Waals surface area contributed by atoms with Crippen LogP contribution >= 0.6 is 0 Å². The average molecular weight is 279 g/mol. The Hall–Kier alpha value is -2.21. The van der Waals surface area contributed by atoms with E-state index in [9.17, 15) is 18.6 Å². The molecule has 2 rings (SSSR count). The molecular formula is C13H13NO4S. The first-order valence-corrected chi connectivity index (χ1v) is 6.93. The lowest BCUT2D eigenvalue weighted by Gasteiger charge is -2.20. The molecule has 0 amide bonds. The third-order valence-electron chi connectivity index (χ3n) is 2.70. The largest absolute Gasteiger partial charge is 0.508 e. The van der Waals surface area contributed by atoms with E-state index in [4.69, 9.17) is 0 Å². The van der Waals surface area contributed by atoms with E-state index >= 15 is 0 Å². The monoisotopic (exact) mass is 279 g/mol. The lowest BCUT2D eigenvalue weighted by molar-refractivity contribution is 0.458. The molecule has 0 saturated heterocycles. The second-order valence-electron chi connectivity index (χ2n) is 3.96. The fourth-order valence-electron chi connectivity index (χ4n) is 1.65. The molecule has 5 nitrogen and oxygen atoms in total. The SMILES string of the molecule is CN(c1cccc(O)c1)S(=O)(=O)c1ccccc1O. The van der Waals surface area contributed by atoms with Gasteiger partial charge in [0, 0.05) is 13.1 Å². The van der Waals surface area contributed by atoms with Crippen LogP contribution in [0.3, 0.4) is 0 Å². The second kappa shape index (κ2) is 4.81. The maximum Gasteiger partial charge on any atom is 0.267 e. The van der Waals surface area contributed by atoms with Gasteiger partial charge in [-0.25, -0.2) is 8.42 Å². The molecule has 0 saturated carbocycles. The summed E-state index contributed by atoms with van der Waals surface area (Å²) in [5.41, 5.74) is 0.309. The van der Waals surface area contributed by atoms with Crippen molar-refractivity contribution < 1.29 is 18.6 Å². The van der Waals surface area contributed by atoms with Gasteiger partial charge in [0.1, 0.15) is 16.4 Å². The molecule has 0 bridgehead atoms. The van der Waals surface area contributed by atoms with Gasteiger partial charge >= 0.3 is 0 Å². The molecule has 100 valence electrons. The molecule has 0 spiro atoms. The Morgan fingerprint density at radius 2 is 1.68 bits per heavy atom. The zero-order valence-electron chi connectivity index (χ0n) is 10.2. The van der Waals surface area contributed by atoms with E-state index in [2.05, 4.69) is 0 Å². The number of phenolic OH excluding ortho intramolecular Hbond substituents is 2. The van der Waals surface area contributed by atoms with Gasteiger partial charge < -0.3 is 10.2 Å². The summed E-state index contributed by atoms with van der Waals surface area (Å²) >= 11 is 0. The second-order valence-corrected chi connectivity index (χ2v) is 5.90. The van der Waals surface area contributed by atoms with Gasteiger partial charge in [-0.1, -0.05) is 18.2 Å². The molecule has 0 fully saturated rings. The number of phenols is 2. The summed E-state index contributed by atoms with van der Waals surface area (Å²) in [6.45, 7) is 0. The third kappa shape index (κ3) is 2.48. The summed E-state index contributed by atoms with van der Waals surface area (Å²) in [6, 6.07) is 11.6. The highest BCUT2D eigenvalue weighted by molar-refractivity contribution is 7.92. The number of rotatable bonds is 3. The molecule has 0 atom stereocenters. The Morgan fingerprint density at radius 3 is 2.32 bits per heavy atom. The van der Waals surface area contributed by atoms with Gasteiger partial charge in [0.2, 0.25) is 0 Å². The van der Waals surface area contributed by atoms with E-state index < -0.39 is 10.0 Å². The van der Waals surface area contributed by atoms with Gasteiger partial charge in [-0.3, -0.25) is 4.31 Å². The Kier molecular flexibility index (Phi) is 3.35. The Labute approximate surface area is 111 Å². The van der Waals surface area contributed by atoms with Crippen LogP contribution in [0.5, 0.6) is 11.5 Å². The van der Waals surface area contributed by atoms with Crippen molar-refractivity contribution in [1.29, 1.82) is 0 Å². The number of benzene rings is 2. The van der Waals surface area contributed by atoms with E-state index in [1.165, 1.54) is 37.4 Å². The van der Waals surface area contributed by atoms with Crippen molar-refractivity contribution >= 4 is 15.7 Å². The number of nitrogens with zero attached hydrogens (tertiary/aromatic N) is 1. The fourth-order valence-corrected chi connectivity index (χ4v) is 2.92. The lowest BCUT2D eigenvalue weighted by Crippen LogP contribution is -2.26. The number of hydrogen-bond donors (Lipinski definition) is 2. The van der Waals surface area contributed by atoms with Crippen LogP contribution in [-0.2, 0) is 10.0 Å². The van der Waals surface area contributed by atoms with Crippen molar-refractivity contribution in [3.63, 3.8) is 0 Å². The van der Waals surface area contributed by atoms with Crippen LogP contribution in [-0.4, -0.2) is 25.7 Å². The van der Waals surface area contributed by atoms with Crippen LogP contribution in [0.15, 0.2) is 53.4 Å². The predicted molar refractivity (Wildman–Crippen MR) is 71.8 cm³/mol. The highest BCUT2D eigenvalue weighted by atomic mass is 32.2. The molecule has 0 heterocycles. The van der Waals surface area contributed by atoms with E-state index in [1.807, 2.05) is 0 Å². The first kappa shape index (κ1) is 13.2. The minimum absolute atomic E-state index is 0.0307. The third-order valence-corrected chi connectivity index (χ3v) is 4.53. The number of hydrogen-bond acceptors (Lipinski definition) is 4. The molecule has 0 radical (unpaired) electrons. The van der Waals surface area contributed by atoms with Crippen molar-refractivity contribution in [2.45, 2.75) is 4.90 Å². The molecular weight excluding hydrogens is 266 g/mol. The molecule has 0 aliphatic heterocycles. The van der Waals surface area contributed by atoms with Crippen LogP contribution < -0.4 is 4.31 Å². The summed E-state index contributed by atoms with van der Waals surface area (Å²) in [4.78, 5) is -0.180. The van der Waals surface area contributed by atoms with E-state index in [1.54, 1.807) is 18.2 Å². The molecule has 19 heavy (non-hydrogen) atoms. The Morgan fingerprint density at radius 1 is 1.00 bits per heavy atom. The lowest BCUT2D eigenvalue weighted by atomic mass is 10.3. The van der Waals surface area contributed by atoms with E-state index in [0.717, 1.165) is 4.31 Å².